The van der Waals surface area contributed by atoms with Gasteiger partial charge in [-0.25, -0.2) is 9.78 Å². The lowest BCUT2D eigenvalue weighted by Crippen LogP contribution is -2.54. The first-order valence-electron chi connectivity index (χ1n) is 12.7. The number of nitrogens with one attached hydrogen (secondary N) is 3. The molecule has 2 aliphatic rings. The van der Waals surface area contributed by atoms with Crippen molar-refractivity contribution in [3.8, 4) is 12.1 Å². The maximum Gasteiger partial charge on any atom is 0.407 e. The summed E-state index contributed by atoms with van der Waals surface area (Å²) in [7, 11) is 1.98. The Kier molecular flexibility index (Phi) is 7.54. The van der Waals surface area contributed by atoms with Crippen molar-refractivity contribution in [1.29, 1.82) is 10.5 Å². The van der Waals surface area contributed by atoms with E-state index in [1.54, 1.807) is 12.1 Å². The summed E-state index contributed by atoms with van der Waals surface area (Å²) in [6.07, 6.45) is 3.06. The van der Waals surface area contributed by atoms with E-state index in [2.05, 4.69) is 53.0 Å². The smallest absolute Gasteiger partial charge is 0.407 e. The molecule has 1 saturated carbocycles. The highest BCUT2D eigenvalue weighted by Crippen LogP contribution is 2.37. The molecule has 3 aromatic rings. The van der Waals surface area contributed by atoms with Gasteiger partial charge in [0.25, 0.3) is 0 Å². The van der Waals surface area contributed by atoms with Crippen molar-refractivity contribution in [2.24, 2.45) is 0 Å². The van der Waals surface area contributed by atoms with Crippen LogP contribution in [0.15, 0.2) is 18.3 Å². The van der Waals surface area contributed by atoms with Crippen LogP contribution < -0.4 is 20.9 Å². The summed E-state index contributed by atoms with van der Waals surface area (Å²) in [5.41, 5.74) is 2.26. The third-order valence-corrected chi connectivity index (χ3v) is 7.07. The first-order chi connectivity index (χ1) is 18.9. The van der Waals surface area contributed by atoms with Gasteiger partial charge in [-0.2, -0.15) is 20.0 Å². The SMILES string of the molecule is CCNC(=O)OCC1CN(c2cc(C#N)cc(Nc3nc(NC4CC4)c4ncc(C#N)n4n3)c2Cl)CCN1C. The highest BCUT2D eigenvalue weighted by atomic mass is 35.5. The summed E-state index contributed by atoms with van der Waals surface area (Å²) in [5, 5.41) is 33.2. The van der Waals surface area contributed by atoms with E-state index >= 15 is 0 Å². The second-order valence-electron chi connectivity index (χ2n) is 9.50. The number of hydrogen-bond donors (Lipinski definition) is 3. The molecule has 2 fully saturated rings. The van der Waals surface area contributed by atoms with Gasteiger partial charge in [0.1, 0.15) is 12.7 Å². The van der Waals surface area contributed by atoms with Crippen molar-refractivity contribution in [2.45, 2.75) is 31.8 Å². The Morgan fingerprint density at radius 1 is 1.26 bits per heavy atom. The fourth-order valence-electron chi connectivity index (χ4n) is 4.36. The van der Waals surface area contributed by atoms with Crippen molar-refractivity contribution >= 4 is 46.5 Å². The van der Waals surface area contributed by atoms with Crippen molar-refractivity contribution in [2.75, 3.05) is 55.4 Å². The number of likely N-dealkylation sites (N-methyl/N-ethyl adjacent to an activating group) is 1. The maximum absolute atomic E-state index is 11.8. The van der Waals surface area contributed by atoms with Crippen molar-refractivity contribution in [3.63, 3.8) is 0 Å². The summed E-state index contributed by atoms with van der Waals surface area (Å²) in [5.74, 6) is 0.716. The lowest BCUT2D eigenvalue weighted by molar-refractivity contribution is 0.0959. The fourth-order valence-corrected chi connectivity index (χ4v) is 4.63. The zero-order valence-electron chi connectivity index (χ0n) is 21.6. The average molecular weight is 550 g/mol. The molecule has 1 aliphatic heterocycles. The minimum absolute atomic E-state index is 0.0629. The third-order valence-electron chi connectivity index (χ3n) is 6.67. The molecule has 3 heterocycles. The van der Waals surface area contributed by atoms with Crippen LogP contribution in [0.3, 0.4) is 0 Å². The number of halogens is 1. The quantitative estimate of drug-likeness (QED) is 0.379. The predicted octanol–water partition coefficient (Wildman–Crippen LogP) is 2.71. The Balaban J connectivity index is 1.43. The Morgan fingerprint density at radius 3 is 2.79 bits per heavy atom. The summed E-state index contributed by atoms with van der Waals surface area (Å²) in [6, 6.07) is 7.91. The summed E-state index contributed by atoms with van der Waals surface area (Å²) >= 11 is 6.90. The van der Waals surface area contributed by atoms with Crippen LogP contribution >= 0.6 is 11.6 Å². The number of benzene rings is 1. The van der Waals surface area contributed by atoms with Gasteiger partial charge in [-0.05, 0) is 38.9 Å². The van der Waals surface area contributed by atoms with Crippen LogP contribution in [-0.2, 0) is 4.74 Å². The molecular weight excluding hydrogens is 522 g/mol. The molecule has 39 heavy (non-hydrogen) atoms. The molecule has 13 nitrogen and oxygen atoms in total. The third kappa shape index (κ3) is 5.74. The van der Waals surface area contributed by atoms with E-state index in [-0.39, 0.29) is 24.3 Å². The van der Waals surface area contributed by atoms with E-state index in [0.29, 0.717) is 65.6 Å². The number of nitriles is 2. The maximum atomic E-state index is 11.8. The van der Waals surface area contributed by atoms with E-state index in [9.17, 15) is 15.3 Å². The lowest BCUT2D eigenvalue weighted by Gasteiger charge is -2.40. The molecule has 1 saturated heterocycles. The number of anilines is 4. The van der Waals surface area contributed by atoms with Gasteiger partial charge in [0.15, 0.2) is 17.2 Å². The van der Waals surface area contributed by atoms with E-state index in [1.165, 1.54) is 10.7 Å². The molecule has 0 spiro atoms. The van der Waals surface area contributed by atoms with Crippen LogP contribution in [0.5, 0.6) is 0 Å². The number of imidazole rings is 1. The van der Waals surface area contributed by atoms with Crippen molar-refractivity contribution < 1.29 is 9.53 Å². The van der Waals surface area contributed by atoms with E-state index < -0.39 is 6.09 Å². The molecule has 2 aromatic heterocycles. The predicted molar refractivity (Wildman–Crippen MR) is 145 cm³/mol. The minimum Gasteiger partial charge on any atom is -0.448 e. The van der Waals surface area contributed by atoms with Crippen LogP contribution in [-0.4, -0.2) is 82.5 Å². The largest absolute Gasteiger partial charge is 0.448 e. The summed E-state index contributed by atoms with van der Waals surface area (Å²) in [6.45, 7) is 4.47. The number of carbonyl (C=O) groups is 1. The standard InChI is InChI=1S/C25H28ClN11O2/c1-3-29-25(38)39-14-18-13-36(7-6-35(18)2)20-9-15(10-27)8-19(21(20)26)32-24-33-22(31-16-4-5-16)23-30-12-17(11-28)37(23)34-24/h8-9,12,16,18H,3-7,13-14H2,1-2H3,(H,29,38)(H2,31,32,33,34). The van der Waals surface area contributed by atoms with Gasteiger partial charge in [0.2, 0.25) is 5.95 Å². The fraction of sp³-hybridized carbons (Fsp3) is 0.440. The molecule has 202 valence electrons. The summed E-state index contributed by atoms with van der Waals surface area (Å²) < 4.78 is 6.81. The monoisotopic (exact) mass is 549 g/mol. The molecule has 0 radical (unpaired) electrons. The second kappa shape index (κ2) is 11.2. The Bertz CT molecular complexity index is 1470. The molecule has 5 rings (SSSR count). The number of carbonyl (C=O) groups excluding carboxylic acids is 1. The number of piperazine rings is 1. The molecule has 0 bridgehead atoms. The molecule has 1 atom stereocenters. The average Bonchev–Trinajstić information content (AvgIpc) is 3.65. The highest BCUT2D eigenvalue weighted by Gasteiger charge is 2.28. The number of aromatic nitrogens is 4. The van der Waals surface area contributed by atoms with Gasteiger partial charge in [-0.15, -0.1) is 5.10 Å². The van der Waals surface area contributed by atoms with Gasteiger partial charge < -0.3 is 25.6 Å². The van der Waals surface area contributed by atoms with Gasteiger partial charge in [-0.3, -0.25) is 4.90 Å². The van der Waals surface area contributed by atoms with Gasteiger partial charge >= 0.3 is 6.09 Å². The second-order valence-corrected chi connectivity index (χ2v) is 9.87. The van der Waals surface area contributed by atoms with Gasteiger partial charge in [0.05, 0.1) is 40.3 Å². The number of hydrogen-bond acceptors (Lipinski definition) is 11. The first kappa shape index (κ1) is 26.3. The number of rotatable bonds is 8. The number of nitrogens with zero attached hydrogens (tertiary/aromatic N) is 8. The number of amides is 1. The number of ether oxygens (including phenoxy) is 1. The van der Waals surface area contributed by atoms with E-state index in [1.807, 2.05) is 14.0 Å². The topological polar surface area (TPSA) is 160 Å². The highest BCUT2D eigenvalue weighted by molar-refractivity contribution is 6.36. The number of alkyl carbamates (subject to hydrolysis) is 1. The van der Waals surface area contributed by atoms with Crippen LogP contribution in [0.1, 0.15) is 31.0 Å². The van der Waals surface area contributed by atoms with E-state index in [4.69, 9.17) is 16.3 Å². The van der Waals surface area contributed by atoms with Crippen molar-refractivity contribution in [1.82, 2.24) is 29.8 Å². The number of fused-ring (bicyclic) bond motifs is 1. The molecule has 14 heteroatoms. The normalized spacial score (nSPS) is 17.4. The Morgan fingerprint density at radius 2 is 2.08 bits per heavy atom. The Hall–Kier alpha value is -4.33. The molecule has 1 aromatic carbocycles. The van der Waals surface area contributed by atoms with E-state index in [0.717, 1.165) is 12.8 Å². The Labute approximate surface area is 230 Å². The van der Waals surface area contributed by atoms with Gasteiger partial charge in [0, 0.05) is 32.2 Å². The van der Waals surface area contributed by atoms with Gasteiger partial charge in [-0.1, -0.05) is 11.6 Å². The minimum atomic E-state index is -0.455. The van der Waals surface area contributed by atoms with Crippen molar-refractivity contribution in [3.05, 3.63) is 34.6 Å². The van der Waals surface area contributed by atoms with Crippen LogP contribution in [0.4, 0.5) is 27.9 Å². The summed E-state index contributed by atoms with van der Waals surface area (Å²) in [4.78, 5) is 24.9. The molecular formula is C25H28ClN11O2. The van der Waals surface area contributed by atoms with Crippen LogP contribution in [0.25, 0.3) is 5.65 Å². The molecule has 1 aliphatic carbocycles. The zero-order chi connectivity index (χ0) is 27.5. The van der Waals surface area contributed by atoms with Crippen LogP contribution in [0, 0.1) is 22.7 Å². The molecule has 3 N–H and O–H groups in total. The lowest BCUT2D eigenvalue weighted by atomic mass is 10.1. The zero-order valence-corrected chi connectivity index (χ0v) is 22.4. The first-order valence-corrected chi connectivity index (χ1v) is 13.1. The van der Waals surface area contributed by atoms with Crippen LogP contribution in [0.2, 0.25) is 5.02 Å². The molecule has 1 amide bonds. The molecule has 1 unspecified atom stereocenters.